The van der Waals surface area contributed by atoms with E-state index in [0.29, 0.717) is 12.1 Å². The first-order valence-electron chi connectivity index (χ1n) is 7.65. The zero-order valence-electron chi connectivity index (χ0n) is 13.0. The van der Waals surface area contributed by atoms with Crippen LogP contribution in [-0.2, 0) is 12.3 Å². The Bertz CT molecular complexity index is 762. The number of hydrogen-bond acceptors (Lipinski definition) is 3. The van der Waals surface area contributed by atoms with Gasteiger partial charge in [0.2, 0.25) is 0 Å². The molecule has 0 bridgehead atoms. The Balaban J connectivity index is 1.60. The number of fused-ring (bicyclic) bond motifs is 1. The summed E-state index contributed by atoms with van der Waals surface area (Å²) in [7, 11) is 0. The van der Waals surface area contributed by atoms with E-state index in [1.807, 2.05) is 60.3 Å². The molecule has 23 heavy (non-hydrogen) atoms. The van der Waals surface area contributed by atoms with Gasteiger partial charge < -0.3 is 10.3 Å². The maximum Gasteiger partial charge on any atom is 0.251 e. The minimum atomic E-state index is -0.0832. The Labute approximate surface area is 139 Å². The predicted molar refractivity (Wildman–Crippen MR) is 95.5 cm³/mol. The third-order valence-electron chi connectivity index (χ3n) is 3.54. The van der Waals surface area contributed by atoms with E-state index in [9.17, 15) is 4.79 Å². The Morgan fingerprint density at radius 1 is 1.17 bits per heavy atom. The number of para-hydroxylation sites is 2. The molecule has 3 rings (SSSR count). The summed E-state index contributed by atoms with van der Waals surface area (Å²) >= 11 is 1.87. The normalized spacial score (nSPS) is 10.8. The molecule has 2 N–H and O–H groups in total. The second-order valence-corrected chi connectivity index (χ2v) is 6.49. The minimum Gasteiger partial charge on any atom is -0.345 e. The monoisotopic (exact) mass is 325 g/mol. The molecule has 1 heterocycles. The molecule has 0 unspecified atom stereocenters. The van der Waals surface area contributed by atoms with Crippen LogP contribution in [0.2, 0.25) is 0 Å². The maximum absolute atomic E-state index is 12.2. The number of carbonyl (C=O) groups excluding carboxylic acids is 1. The molecular formula is C18H19N3OS. The van der Waals surface area contributed by atoms with Crippen molar-refractivity contribution in [2.45, 2.75) is 19.2 Å². The topological polar surface area (TPSA) is 57.8 Å². The van der Waals surface area contributed by atoms with Gasteiger partial charge in [0, 0.05) is 11.3 Å². The molecule has 1 aromatic heterocycles. The Morgan fingerprint density at radius 3 is 2.70 bits per heavy atom. The maximum atomic E-state index is 12.2. The molecule has 0 fully saturated rings. The number of imidazole rings is 1. The molecule has 3 aromatic rings. The van der Waals surface area contributed by atoms with Crippen LogP contribution in [0.3, 0.4) is 0 Å². The van der Waals surface area contributed by atoms with Crippen LogP contribution in [0.1, 0.15) is 28.7 Å². The highest BCUT2D eigenvalue weighted by Gasteiger charge is 2.07. The summed E-state index contributed by atoms with van der Waals surface area (Å²) in [6.07, 6.45) is 0. The smallest absolute Gasteiger partial charge is 0.251 e. The molecule has 4 nitrogen and oxygen atoms in total. The standard InChI is InChI=1S/C18H19N3OS/c1-2-23-12-13-7-9-14(10-8-13)18(22)19-11-17-20-15-5-3-4-6-16(15)21-17/h3-10H,2,11-12H2,1H3,(H,19,22)(H,20,21). The SMILES string of the molecule is CCSCc1ccc(C(=O)NCc2nc3ccccc3[nH]2)cc1. The molecule has 0 radical (unpaired) electrons. The van der Waals surface area contributed by atoms with Crippen LogP contribution in [0.5, 0.6) is 0 Å². The lowest BCUT2D eigenvalue weighted by Gasteiger charge is -2.05. The largest absolute Gasteiger partial charge is 0.345 e. The molecule has 0 saturated carbocycles. The number of aromatic nitrogens is 2. The van der Waals surface area contributed by atoms with Gasteiger partial charge in [-0.1, -0.05) is 31.2 Å². The van der Waals surface area contributed by atoms with Gasteiger partial charge in [0.05, 0.1) is 17.6 Å². The molecule has 5 heteroatoms. The summed E-state index contributed by atoms with van der Waals surface area (Å²) in [5.41, 5.74) is 3.81. The van der Waals surface area contributed by atoms with Crippen molar-refractivity contribution in [1.82, 2.24) is 15.3 Å². The van der Waals surface area contributed by atoms with Crippen LogP contribution < -0.4 is 5.32 Å². The number of nitrogens with zero attached hydrogens (tertiary/aromatic N) is 1. The summed E-state index contributed by atoms with van der Waals surface area (Å²) in [6, 6.07) is 15.6. The van der Waals surface area contributed by atoms with Crippen LogP contribution in [0.15, 0.2) is 48.5 Å². The number of benzene rings is 2. The second kappa shape index (κ2) is 7.33. The molecule has 118 valence electrons. The van der Waals surface area contributed by atoms with E-state index in [1.165, 1.54) is 5.56 Å². The van der Waals surface area contributed by atoms with Gasteiger partial charge in [-0.3, -0.25) is 4.79 Å². The van der Waals surface area contributed by atoms with Gasteiger partial charge in [0.25, 0.3) is 5.91 Å². The van der Waals surface area contributed by atoms with Gasteiger partial charge in [-0.2, -0.15) is 11.8 Å². The number of H-pyrrole nitrogens is 1. The predicted octanol–water partition coefficient (Wildman–Crippen LogP) is 3.75. The molecule has 0 aliphatic carbocycles. The average Bonchev–Trinajstić information content (AvgIpc) is 3.01. The molecule has 0 aliphatic heterocycles. The average molecular weight is 325 g/mol. The van der Waals surface area contributed by atoms with Crippen molar-refractivity contribution < 1.29 is 4.79 Å². The number of hydrogen-bond donors (Lipinski definition) is 2. The van der Waals surface area contributed by atoms with Crippen molar-refractivity contribution in [3.63, 3.8) is 0 Å². The lowest BCUT2D eigenvalue weighted by atomic mass is 10.1. The fourth-order valence-electron chi connectivity index (χ4n) is 2.33. The van der Waals surface area contributed by atoms with Crippen LogP contribution in [-0.4, -0.2) is 21.6 Å². The minimum absolute atomic E-state index is 0.0832. The van der Waals surface area contributed by atoms with Crippen molar-refractivity contribution in [3.05, 3.63) is 65.5 Å². The van der Waals surface area contributed by atoms with E-state index in [1.54, 1.807) is 0 Å². The lowest BCUT2D eigenvalue weighted by molar-refractivity contribution is 0.0950. The number of nitrogens with one attached hydrogen (secondary N) is 2. The van der Waals surface area contributed by atoms with E-state index in [0.717, 1.165) is 28.4 Å². The fourth-order valence-corrected chi connectivity index (χ4v) is 2.96. The van der Waals surface area contributed by atoms with E-state index in [-0.39, 0.29) is 5.91 Å². The van der Waals surface area contributed by atoms with Crippen molar-refractivity contribution in [2.24, 2.45) is 0 Å². The van der Waals surface area contributed by atoms with E-state index in [4.69, 9.17) is 0 Å². The van der Waals surface area contributed by atoms with E-state index in [2.05, 4.69) is 22.2 Å². The Hall–Kier alpha value is -2.27. The molecule has 2 aromatic carbocycles. The summed E-state index contributed by atoms with van der Waals surface area (Å²) in [4.78, 5) is 19.9. The molecular weight excluding hydrogens is 306 g/mol. The van der Waals surface area contributed by atoms with Gasteiger partial charge in [-0.25, -0.2) is 4.98 Å². The van der Waals surface area contributed by atoms with Crippen molar-refractivity contribution in [1.29, 1.82) is 0 Å². The zero-order valence-corrected chi connectivity index (χ0v) is 13.8. The Kier molecular flexibility index (Phi) is 4.98. The summed E-state index contributed by atoms with van der Waals surface area (Å²) in [6.45, 7) is 2.53. The second-order valence-electron chi connectivity index (χ2n) is 5.22. The third kappa shape index (κ3) is 3.93. The number of rotatable bonds is 6. The van der Waals surface area contributed by atoms with Gasteiger partial charge in [-0.15, -0.1) is 0 Å². The summed E-state index contributed by atoms with van der Waals surface area (Å²) in [5.74, 6) is 2.76. The van der Waals surface area contributed by atoms with Gasteiger partial charge >= 0.3 is 0 Å². The summed E-state index contributed by atoms with van der Waals surface area (Å²) < 4.78 is 0. The first-order chi connectivity index (χ1) is 11.3. The van der Waals surface area contributed by atoms with E-state index >= 15 is 0 Å². The lowest BCUT2D eigenvalue weighted by Crippen LogP contribution is -2.23. The van der Waals surface area contributed by atoms with Crippen LogP contribution in [0.4, 0.5) is 0 Å². The van der Waals surface area contributed by atoms with Gasteiger partial charge in [-0.05, 0) is 35.6 Å². The van der Waals surface area contributed by atoms with Crippen molar-refractivity contribution in [2.75, 3.05) is 5.75 Å². The first-order valence-corrected chi connectivity index (χ1v) is 8.80. The summed E-state index contributed by atoms with van der Waals surface area (Å²) in [5, 5.41) is 2.90. The highest BCUT2D eigenvalue weighted by Crippen LogP contribution is 2.13. The molecule has 1 amide bonds. The zero-order chi connectivity index (χ0) is 16.1. The molecule has 0 atom stereocenters. The third-order valence-corrected chi connectivity index (χ3v) is 4.49. The van der Waals surface area contributed by atoms with Crippen molar-refractivity contribution in [3.8, 4) is 0 Å². The van der Waals surface area contributed by atoms with Crippen LogP contribution >= 0.6 is 11.8 Å². The molecule has 0 spiro atoms. The highest BCUT2D eigenvalue weighted by molar-refractivity contribution is 7.98. The first kappa shape index (κ1) is 15.6. The number of amides is 1. The van der Waals surface area contributed by atoms with Gasteiger partial charge in [0.1, 0.15) is 5.82 Å². The van der Waals surface area contributed by atoms with Gasteiger partial charge in [0.15, 0.2) is 0 Å². The molecule has 0 aliphatic rings. The fraction of sp³-hybridized carbons (Fsp3) is 0.222. The number of thioether (sulfide) groups is 1. The number of carbonyl (C=O) groups is 1. The van der Waals surface area contributed by atoms with Crippen LogP contribution in [0, 0.1) is 0 Å². The van der Waals surface area contributed by atoms with Crippen molar-refractivity contribution >= 4 is 28.7 Å². The van der Waals surface area contributed by atoms with Crippen LogP contribution in [0.25, 0.3) is 11.0 Å². The number of aromatic amines is 1. The van der Waals surface area contributed by atoms with E-state index < -0.39 is 0 Å². The Morgan fingerprint density at radius 2 is 1.96 bits per heavy atom. The molecule has 0 saturated heterocycles. The quantitative estimate of drug-likeness (QED) is 0.726. The highest BCUT2D eigenvalue weighted by atomic mass is 32.2.